The summed E-state index contributed by atoms with van der Waals surface area (Å²) in [5.41, 5.74) is 2.18. The van der Waals surface area contributed by atoms with Crippen LogP contribution in [0.2, 0.25) is 0 Å². The van der Waals surface area contributed by atoms with Gasteiger partial charge >= 0.3 is 0 Å². The standard InChI is InChI=1S/C19H24N2O3S/c1-16-18-10-5-11-20(18)12-13-21(16)19(22)15-25(23,24)14-6-9-17-7-3-2-4-8-17/h2-5,7-8,10-11,16H,6,9,12-15H2,1H3. The van der Waals surface area contributed by atoms with Gasteiger partial charge in [0.2, 0.25) is 5.91 Å². The molecule has 1 aliphatic heterocycles. The summed E-state index contributed by atoms with van der Waals surface area (Å²) < 4.78 is 26.8. The van der Waals surface area contributed by atoms with Crippen LogP contribution in [0.5, 0.6) is 0 Å². The number of sulfone groups is 1. The molecule has 1 unspecified atom stereocenters. The van der Waals surface area contributed by atoms with Crippen molar-refractivity contribution in [2.45, 2.75) is 32.4 Å². The third-order valence-corrected chi connectivity index (χ3v) is 6.37. The highest BCUT2D eigenvalue weighted by molar-refractivity contribution is 7.92. The molecule has 0 saturated carbocycles. The van der Waals surface area contributed by atoms with Crippen LogP contribution in [0.15, 0.2) is 48.7 Å². The lowest BCUT2D eigenvalue weighted by Crippen LogP contribution is -2.43. The SMILES string of the molecule is CC1c2cccn2CCN1C(=O)CS(=O)(=O)CCCc1ccccc1. The van der Waals surface area contributed by atoms with E-state index in [1.165, 1.54) is 0 Å². The van der Waals surface area contributed by atoms with Gasteiger partial charge in [0, 0.05) is 25.0 Å². The molecule has 6 heteroatoms. The quantitative estimate of drug-likeness (QED) is 0.795. The predicted molar refractivity (Wildman–Crippen MR) is 98.0 cm³/mol. The largest absolute Gasteiger partial charge is 0.348 e. The molecular weight excluding hydrogens is 336 g/mol. The Hall–Kier alpha value is -2.08. The van der Waals surface area contributed by atoms with Gasteiger partial charge in [0.1, 0.15) is 5.75 Å². The van der Waals surface area contributed by atoms with Crippen LogP contribution < -0.4 is 0 Å². The van der Waals surface area contributed by atoms with Crippen LogP contribution >= 0.6 is 0 Å². The zero-order valence-corrected chi connectivity index (χ0v) is 15.3. The fourth-order valence-electron chi connectivity index (χ4n) is 3.40. The summed E-state index contributed by atoms with van der Waals surface area (Å²) in [6.07, 6.45) is 3.24. The van der Waals surface area contributed by atoms with E-state index >= 15 is 0 Å². The van der Waals surface area contributed by atoms with Gasteiger partial charge in [-0.2, -0.15) is 0 Å². The smallest absolute Gasteiger partial charge is 0.238 e. The summed E-state index contributed by atoms with van der Waals surface area (Å²) >= 11 is 0. The Bertz CT molecular complexity index is 827. The lowest BCUT2D eigenvalue weighted by Gasteiger charge is -2.34. The molecule has 0 fully saturated rings. The number of fused-ring (bicyclic) bond motifs is 1. The van der Waals surface area contributed by atoms with Crippen LogP contribution in [0.3, 0.4) is 0 Å². The van der Waals surface area contributed by atoms with E-state index in [1.807, 2.05) is 55.6 Å². The topological polar surface area (TPSA) is 59.4 Å². The van der Waals surface area contributed by atoms with E-state index in [0.717, 1.165) is 11.3 Å². The van der Waals surface area contributed by atoms with Crippen LogP contribution in [-0.4, -0.2) is 41.8 Å². The minimum Gasteiger partial charge on any atom is -0.348 e. The highest BCUT2D eigenvalue weighted by atomic mass is 32.2. The fraction of sp³-hybridized carbons (Fsp3) is 0.421. The number of benzene rings is 1. The number of aromatic nitrogens is 1. The molecular formula is C19H24N2O3S. The second-order valence-corrected chi connectivity index (χ2v) is 8.75. The maximum absolute atomic E-state index is 12.5. The van der Waals surface area contributed by atoms with Gasteiger partial charge in [-0.1, -0.05) is 30.3 Å². The summed E-state index contributed by atoms with van der Waals surface area (Å²) in [5, 5.41) is 0. The van der Waals surface area contributed by atoms with Crippen molar-refractivity contribution in [2.75, 3.05) is 18.1 Å². The first kappa shape index (κ1) is 17.7. The monoisotopic (exact) mass is 360 g/mol. The van der Waals surface area contributed by atoms with E-state index in [4.69, 9.17) is 0 Å². The van der Waals surface area contributed by atoms with E-state index < -0.39 is 15.6 Å². The highest BCUT2D eigenvalue weighted by Gasteiger charge is 2.29. The van der Waals surface area contributed by atoms with Crippen molar-refractivity contribution in [3.8, 4) is 0 Å². The number of aryl methyl sites for hydroxylation is 1. The van der Waals surface area contributed by atoms with Gasteiger partial charge in [0.05, 0.1) is 11.8 Å². The van der Waals surface area contributed by atoms with Gasteiger partial charge in [0.15, 0.2) is 9.84 Å². The first-order valence-corrected chi connectivity index (χ1v) is 10.5. The Morgan fingerprint density at radius 3 is 2.64 bits per heavy atom. The van der Waals surface area contributed by atoms with Crippen LogP contribution in [0.25, 0.3) is 0 Å². The third-order valence-electron chi connectivity index (χ3n) is 4.77. The Morgan fingerprint density at radius 2 is 1.88 bits per heavy atom. The lowest BCUT2D eigenvalue weighted by molar-refractivity contribution is -0.131. The Balaban J connectivity index is 1.55. The van der Waals surface area contributed by atoms with Crippen molar-refractivity contribution in [3.05, 3.63) is 59.9 Å². The molecule has 0 aliphatic carbocycles. The molecule has 1 amide bonds. The summed E-state index contributed by atoms with van der Waals surface area (Å²) in [5.74, 6) is -0.640. The minimum atomic E-state index is -3.39. The average Bonchev–Trinajstić information content (AvgIpc) is 3.05. The van der Waals surface area contributed by atoms with E-state index in [9.17, 15) is 13.2 Å². The zero-order valence-electron chi connectivity index (χ0n) is 14.5. The molecule has 2 aromatic rings. The molecule has 0 N–H and O–H groups in total. The van der Waals surface area contributed by atoms with Crippen molar-refractivity contribution in [1.82, 2.24) is 9.47 Å². The van der Waals surface area contributed by atoms with Crippen molar-refractivity contribution in [2.24, 2.45) is 0 Å². The highest BCUT2D eigenvalue weighted by Crippen LogP contribution is 2.25. The molecule has 0 radical (unpaired) electrons. The normalized spacial score (nSPS) is 17.3. The zero-order chi connectivity index (χ0) is 17.9. The molecule has 0 saturated heterocycles. The number of nitrogens with zero attached hydrogens (tertiary/aromatic N) is 2. The van der Waals surface area contributed by atoms with Crippen molar-refractivity contribution in [3.63, 3.8) is 0 Å². The fourth-order valence-corrected chi connectivity index (χ4v) is 4.67. The molecule has 0 bridgehead atoms. The first-order valence-electron chi connectivity index (χ1n) is 8.65. The van der Waals surface area contributed by atoms with Crippen LogP contribution in [-0.2, 0) is 27.6 Å². The first-order chi connectivity index (χ1) is 12.0. The Kier molecular flexibility index (Phi) is 5.27. The lowest BCUT2D eigenvalue weighted by atomic mass is 10.1. The summed E-state index contributed by atoms with van der Waals surface area (Å²) in [6, 6.07) is 13.7. The summed E-state index contributed by atoms with van der Waals surface area (Å²) in [6.45, 7) is 3.22. The number of hydrogen-bond donors (Lipinski definition) is 0. The molecule has 3 rings (SSSR count). The Labute approximate surface area is 149 Å². The number of hydrogen-bond acceptors (Lipinski definition) is 3. The van der Waals surface area contributed by atoms with E-state index in [1.54, 1.807) is 4.90 Å². The molecule has 1 aromatic carbocycles. The summed E-state index contributed by atoms with van der Waals surface area (Å²) in [4.78, 5) is 14.2. The molecule has 1 atom stereocenters. The van der Waals surface area contributed by atoms with E-state index in [0.29, 0.717) is 25.9 Å². The number of rotatable bonds is 6. The van der Waals surface area contributed by atoms with Gasteiger partial charge in [0.25, 0.3) is 0 Å². The number of carbonyl (C=O) groups is 1. The molecule has 0 spiro atoms. The molecule has 1 aliphatic rings. The van der Waals surface area contributed by atoms with Gasteiger partial charge in [-0.15, -0.1) is 0 Å². The van der Waals surface area contributed by atoms with Crippen LogP contribution in [0.4, 0.5) is 0 Å². The van der Waals surface area contributed by atoms with Crippen LogP contribution in [0.1, 0.15) is 30.6 Å². The molecule has 1 aromatic heterocycles. The van der Waals surface area contributed by atoms with Gasteiger partial charge in [-0.05, 0) is 37.5 Å². The van der Waals surface area contributed by atoms with Gasteiger partial charge in [-0.3, -0.25) is 4.79 Å². The summed E-state index contributed by atoms with van der Waals surface area (Å²) in [7, 11) is -3.39. The molecule has 5 nitrogen and oxygen atoms in total. The van der Waals surface area contributed by atoms with Crippen LogP contribution in [0, 0.1) is 0 Å². The average molecular weight is 360 g/mol. The van der Waals surface area contributed by atoms with E-state index in [-0.39, 0.29) is 17.7 Å². The minimum absolute atomic E-state index is 0.0478. The van der Waals surface area contributed by atoms with Gasteiger partial charge < -0.3 is 9.47 Å². The second kappa shape index (κ2) is 7.44. The third kappa shape index (κ3) is 4.31. The second-order valence-electron chi connectivity index (χ2n) is 6.57. The van der Waals surface area contributed by atoms with Gasteiger partial charge in [-0.25, -0.2) is 8.42 Å². The number of amides is 1. The maximum Gasteiger partial charge on any atom is 0.238 e. The number of carbonyl (C=O) groups excluding carboxylic acids is 1. The molecule has 25 heavy (non-hydrogen) atoms. The Morgan fingerprint density at radius 1 is 1.12 bits per heavy atom. The predicted octanol–water partition coefficient (Wildman–Crippen LogP) is 2.44. The van der Waals surface area contributed by atoms with Crippen molar-refractivity contribution in [1.29, 1.82) is 0 Å². The maximum atomic E-state index is 12.5. The van der Waals surface area contributed by atoms with E-state index in [2.05, 4.69) is 4.57 Å². The van der Waals surface area contributed by atoms with Crippen molar-refractivity contribution < 1.29 is 13.2 Å². The van der Waals surface area contributed by atoms with Crippen molar-refractivity contribution >= 4 is 15.7 Å². The molecule has 134 valence electrons. The molecule has 2 heterocycles.